The number of aromatic amines is 1. The first kappa shape index (κ1) is 20.5. The van der Waals surface area contributed by atoms with E-state index in [0.717, 1.165) is 5.56 Å². The number of nitrogens with zero attached hydrogens (tertiary/aromatic N) is 4. The molecule has 0 bridgehead atoms. The van der Waals surface area contributed by atoms with Gasteiger partial charge >= 0.3 is 0 Å². The summed E-state index contributed by atoms with van der Waals surface area (Å²) in [5.74, 6) is 0.309. The van der Waals surface area contributed by atoms with Crippen molar-refractivity contribution in [3.63, 3.8) is 0 Å². The number of nitrogens with one attached hydrogen (secondary N) is 1. The third kappa shape index (κ3) is 4.13. The van der Waals surface area contributed by atoms with Gasteiger partial charge in [-0.1, -0.05) is 24.3 Å². The van der Waals surface area contributed by atoms with Gasteiger partial charge in [0.2, 0.25) is 0 Å². The summed E-state index contributed by atoms with van der Waals surface area (Å²) in [4.78, 5) is 21.1. The van der Waals surface area contributed by atoms with Gasteiger partial charge in [-0.05, 0) is 42.8 Å². The van der Waals surface area contributed by atoms with Gasteiger partial charge in [-0.25, -0.2) is 18.1 Å². The zero-order valence-electron chi connectivity index (χ0n) is 16.8. The van der Waals surface area contributed by atoms with Crippen LogP contribution in [0.5, 0.6) is 0 Å². The van der Waals surface area contributed by atoms with E-state index < -0.39 is 10.0 Å². The van der Waals surface area contributed by atoms with Crippen molar-refractivity contribution < 1.29 is 8.42 Å². The number of benzene rings is 1. The smallest absolute Gasteiger partial charge is 0.276 e. The first-order valence-corrected chi connectivity index (χ1v) is 11.2. The maximum absolute atomic E-state index is 13.1. The lowest BCUT2D eigenvalue weighted by molar-refractivity contribution is 0.591. The predicted octanol–water partition coefficient (Wildman–Crippen LogP) is 2.76. The van der Waals surface area contributed by atoms with Crippen molar-refractivity contribution in [3.05, 3.63) is 101 Å². The van der Waals surface area contributed by atoms with Gasteiger partial charge in [-0.15, -0.1) is 0 Å². The summed E-state index contributed by atoms with van der Waals surface area (Å²) in [6.45, 7) is 2.05. The molecule has 9 heteroatoms. The van der Waals surface area contributed by atoms with Gasteiger partial charge in [-0.3, -0.25) is 19.2 Å². The van der Waals surface area contributed by atoms with Gasteiger partial charge in [0.15, 0.2) is 5.82 Å². The molecule has 0 aliphatic rings. The summed E-state index contributed by atoms with van der Waals surface area (Å²) in [7, 11) is -3.78. The lowest BCUT2D eigenvalue weighted by Crippen LogP contribution is -2.30. The molecule has 0 aliphatic carbocycles. The zero-order chi connectivity index (χ0) is 21.8. The average Bonchev–Trinajstić information content (AvgIpc) is 3.15. The van der Waals surface area contributed by atoms with Crippen molar-refractivity contribution in [2.45, 2.75) is 18.2 Å². The Morgan fingerprint density at radius 3 is 2.48 bits per heavy atom. The summed E-state index contributed by atoms with van der Waals surface area (Å²) >= 11 is 0. The summed E-state index contributed by atoms with van der Waals surface area (Å²) in [6.07, 6.45) is 6.71. The van der Waals surface area contributed by atoms with Crippen LogP contribution in [0, 0.1) is 0 Å². The Hall–Kier alpha value is -3.72. The maximum Gasteiger partial charge on any atom is 0.276 e. The summed E-state index contributed by atoms with van der Waals surface area (Å²) in [5, 5.41) is 2.89. The zero-order valence-corrected chi connectivity index (χ0v) is 17.7. The van der Waals surface area contributed by atoms with Crippen LogP contribution in [0.25, 0.3) is 5.82 Å². The average molecular weight is 436 g/mol. The molecule has 0 spiro atoms. The molecule has 0 unspecified atom stereocenters. The van der Waals surface area contributed by atoms with Crippen LogP contribution in [-0.4, -0.2) is 34.7 Å². The minimum absolute atomic E-state index is 0.0529. The standard InChI is InChI=1S/C22H21N5O3S/c1-2-26(19-8-4-3-5-9-19)31(29,30)20-10-11-21(24-16-20)27-22(28)18(15-25-27)13-17-7-6-12-23-14-17/h3-12,14-16,25H,2,13H2,1H3. The van der Waals surface area contributed by atoms with E-state index in [-0.39, 0.29) is 17.0 Å². The van der Waals surface area contributed by atoms with Crippen molar-refractivity contribution in [1.29, 1.82) is 0 Å². The minimum atomic E-state index is -3.78. The Kier molecular flexibility index (Phi) is 5.68. The van der Waals surface area contributed by atoms with Crippen LogP contribution in [0.3, 0.4) is 0 Å². The second-order valence-corrected chi connectivity index (χ2v) is 8.70. The highest BCUT2D eigenvalue weighted by Crippen LogP contribution is 2.23. The van der Waals surface area contributed by atoms with Gasteiger partial charge < -0.3 is 0 Å². The Labute approximate surface area is 179 Å². The second-order valence-electron chi connectivity index (χ2n) is 6.83. The number of sulfonamides is 1. The highest BCUT2D eigenvalue weighted by molar-refractivity contribution is 7.92. The van der Waals surface area contributed by atoms with Crippen LogP contribution in [0.2, 0.25) is 0 Å². The third-order valence-electron chi connectivity index (χ3n) is 4.83. The number of hydrogen-bond donors (Lipinski definition) is 1. The fourth-order valence-electron chi connectivity index (χ4n) is 3.30. The fourth-order valence-corrected chi connectivity index (χ4v) is 4.72. The molecular formula is C22H21N5O3S. The van der Waals surface area contributed by atoms with Crippen LogP contribution in [0.15, 0.2) is 89.1 Å². The quantitative estimate of drug-likeness (QED) is 0.481. The first-order valence-electron chi connectivity index (χ1n) is 9.73. The molecule has 0 radical (unpaired) electrons. The Balaban J connectivity index is 1.61. The van der Waals surface area contributed by atoms with E-state index in [1.165, 1.54) is 27.3 Å². The highest BCUT2D eigenvalue weighted by Gasteiger charge is 2.24. The van der Waals surface area contributed by atoms with Gasteiger partial charge in [-0.2, -0.15) is 0 Å². The van der Waals surface area contributed by atoms with E-state index in [1.54, 1.807) is 49.8 Å². The molecule has 31 heavy (non-hydrogen) atoms. The summed E-state index contributed by atoms with van der Waals surface area (Å²) < 4.78 is 28.8. The van der Waals surface area contributed by atoms with E-state index in [0.29, 0.717) is 23.5 Å². The van der Waals surface area contributed by atoms with E-state index in [9.17, 15) is 13.2 Å². The molecule has 1 N–H and O–H groups in total. The first-order chi connectivity index (χ1) is 15.0. The number of rotatable bonds is 7. The van der Waals surface area contributed by atoms with E-state index in [1.807, 2.05) is 18.2 Å². The van der Waals surface area contributed by atoms with Crippen molar-refractivity contribution in [1.82, 2.24) is 19.7 Å². The van der Waals surface area contributed by atoms with Crippen LogP contribution < -0.4 is 9.86 Å². The maximum atomic E-state index is 13.1. The fraction of sp³-hybridized carbons (Fsp3) is 0.136. The van der Waals surface area contributed by atoms with Crippen molar-refractivity contribution in [3.8, 4) is 5.82 Å². The van der Waals surface area contributed by atoms with Gasteiger partial charge in [0, 0.05) is 43.3 Å². The molecule has 0 aliphatic heterocycles. The van der Waals surface area contributed by atoms with Crippen molar-refractivity contribution >= 4 is 15.7 Å². The van der Waals surface area contributed by atoms with Gasteiger partial charge in [0.05, 0.1) is 5.69 Å². The van der Waals surface area contributed by atoms with Gasteiger partial charge in [0.1, 0.15) is 4.90 Å². The molecule has 4 rings (SSSR count). The van der Waals surface area contributed by atoms with Crippen LogP contribution in [-0.2, 0) is 16.4 Å². The molecule has 0 atom stereocenters. The lowest BCUT2D eigenvalue weighted by Gasteiger charge is -2.22. The number of H-pyrrole nitrogens is 1. The largest absolute Gasteiger partial charge is 0.296 e. The Morgan fingerprint density at radius 2 is 1.84 bits per heavy atom. The molecule has 0 fully saturated rings. The lowest BCUT2D eigenvalue weighted by atomic mass is 10.1. The molecule has 8 nitrogen and oxygen atoms in total. The van der Waals surface area contributed by atoms with E-state index >= 15 is 0 Å². The molecule has 3 aromatic heterocycles. The van der Waals surface area contributed by atoms with Crippen molar-refractivity contribution in [2.24, 2.45) is 0 Å². The number of anilines is 1. The van der Waals surface area contributed by atoms with Gasteiger partial charge in [0.25, 0.3) is 15.6 Å². The summed E-state index contributed by atoms with van der Waals surface area (Å²) in [5.41, 5.74) is 1.81. The van der Waals surface area contributed by atoms with E-state index in [4.69, 9.17) is 0 Å². The molecule has 0 amide bonds. The highest BCUT2D eigenvalue weighted by atomic mass is 32.2. The number of hydrogen-bond acceptors (Lipinski definition) is 5. The topological polar surface area (TPSA) is 101 Å². The second kappa shape index (κ2) is 8.57. The molecule has 0 saturated heterocycles. The number of pyridine rings is 2. The normalized spacial score (nSPS) is 11.4. The molecule has 158 valence electrons. The Bertz CT molecular complexity index is 1320. The van der Waals surface area contributed by atoms with Crippen molar-refractivity contribution in [2.75, 3.05) is 10.8 Å². The molecular weight excluding hydrogens is 414 g/mol. The molecule has 4 aromatic rings. The monoisotopic (exact) mass is 435 g/mol. The van der Waals surface area contributed by atoms with Crippen LogP contribution >= 0.6 is 0 Å². The summed E-state index contributed by atoms with van der Waals surface area (Å²) in [6, 6.07) is 15.6. The van der Waals surface area contributed by atoms with Crippen LogP contribution in [0.1, 0.15) is 18.1 Å². The predicted molar refractivity (Wildman–Crippen MR) is 118 cm³/mol. The van der Waals surface area contributed by atoms with Crippen LogP contribution in [0.4, 0.5) is 5.69 Å². The van der Waals surface area contributed by atoms with E-state index in [2.05, 4.69) is 15.1 Å². The Morgan fingerprint density at radius 1 is 1.03 bits per heavy atom. The molecule has 3 heterocycles. The SMILES string of the molecule is CCN(c1ccccc1)S(=O)(=O)c1ccc(-n2[nH]cc(Cc3cccnc3)c2=O)nc1. The third-order valence-corrected chi connectivity index (χ3v) is 6.72. The molecule has 0 saturated carbocycles. The number of aromatic nitrogens is 4. The number of para-hydroxylation sites is 1. The molecule has 1 aromatic carbocycles. The minimum Gasteiger partial charge on any atom is -0.296 e.